The van der Waals surface area contributed by atoms with E-state index in [0.717, 1.165) is 18.5 Å². The number of rotatable bonds is 4. The van der Waals surface area contributed by atoms with Gasteiger partial charge in [-0.05, 0) is 43.9 Å². The summed E-state index contributed by atoms with van der Waals surface area (Å²) in [7, 11) is 3.87. The number of carbonyl (C=O) groups excluding carboxylic acids is 1. The van der Waals surface area contributed by atoms with Crippen molar-refractivity contribution in [2.45, 2.75) is 31.7 Å². The first-order valence-corrected chi connectivity index (χ1v) is 7.28. The van der Waals surface area contributed by atoms with E-state index in [1.54, 1.807) is 6.07 Å². The second-order valence-electron chi connectivity index (χ2n) is 5.81. The summed E-state index contributed by atoms with van der Waals surface area (Å²) >= 11 is 0. The predicted molar refractivity (Wildman–Crippen MR) is 81.6 cm³/mol. The molecule has 1 aromatic rings. The Balaban J connectivity index is 1.93. The van der Waals surface area contributed by atoms with E-state index in [1.807, 2.05) is 37.2 Å². The lowest BCUT2D eigenvalue weighted by molar-refractivity contribution is -0.142. The highest BCUT2D eigenvalue weighted by Gasteiger charge is 2.26. The van der Waals surface area contributed by atoms with Crippen LogP contribution in [0.1, 0.15) is 36.0 Å². The zero-order chi connectivity index (χ0) is 15.4. The number of nitrogens with one attached hydrogen (secondary N) is 1. The quantitative estimate of drug-likeness (QED) is 0.891. The fraction of sp³-hybridized carbons (Fsp3) is 0.500. The van der Waals surface area contributed by atoms with Crippen molar-refractivity contribution >= 4 is 17.6 Å². The van der Waals surface area contributed by atoms with Crippen LogP contribution in [0.5, 0.6) is 0 Å². The molecule has 1 fully saturated rings. The van der Waals surface area contributed by atoms with Gasteiger partial charge >= 0.3 is 5.97 Å². The lowest BCUT2D eigenvalue weighted by Gasteiger charge is -2.27. The number of amides is 1. The topological polar surface area (TPSA) is 69.6 Å². The van der Waals surface area contributed by atoms with Crippen LogP contribution in [0.2, 0.25) is 0 Å². The summed E-state index contributed by atoms with van der Waals surface area (Å²) in [5.74, 6) is -1.06. The molecule has 0 aromatic heterocycles. The van der Waals surface area contributed by atoms with E-state index in [1.165, 1.54) is 0 Å². The fourth-order valence-corrected chi connectivity index (χ4v) is 2.68. The van der Waals surface area contributed by atoms with Gasteiger partial charge in [0.2, 0.25) is 0 Å². The number of benzene rings is 1. The second kappa shape index (κ2) is 6.61. The molecule has 0 bridgehead atoms. The Labute approximate surface area is 125 Å². The van der Waals surface area contributed by atoms with Crippen molar-refractivity contribution < 1.29 is 14.7 Å². The molecular formula is C16H22N2O3. The highest BCUT2D eigenvalue weighted by Crippen LogP contribution is 2.24. The molecule has 1 aliphatic carbocycles. The van der Waals surface area contributed by atoms with E-state index < -0.39 is 5.97 Å². The molecule has 0 heterocycles. The Morgan fingerprint density at radius 3 is 2.43 bits per heavy atom. The normalized spacial score (nSPS) is 21.6. The summed E-state index contributed by atoms with van der Waals surface area (Å²) in [6, 6.07) is 7.56. The molecule has 0 saturated heterocycles. The number of carboxylic acid groups (broad SMARTS) is 1. The van der Waals surface area contributed by atoms with Crippen LogP contribution < -0.4 is 10.2 Å². The first-order chi connectivity index (χ1) is 9.97. The Kier molecular flexibility index (Phi) is 4.83. The number of hydrogen-bond acceptors (Lipinski definition) is 3. The molecule has 5 heteroatoms. The first-order valence-electron chi connectivity index (χ1n) is 7.28. The van der Waals surface area contributed by atoms with Crippen LogP contribution in [0, 0.1) is 5.92 Å². The highest BCUT2D eigenvalue weighted by atomic mass is 16.4. The molecule has 1 aliphatic rings. The van der Waals surface area contributed by atoms with E-state index in [-0.39, 0.29) is 17.9 Å². The molecule has 0 aliphatic heterocycles. The van der Waals surface area contributed by atoms with Gasteiger partial charge < -0.3 is 15.3 Å². The van der Waals surface area contributed by atoms with Gasteiger partial charge in [0.25, 0.3) is 5.91 Å². The third kappa shape index (κ3) is 3.97. The van der Waals surface area contributed by atoms with E-state index >= 15 is 0 Å². The maximum absolute atomic E-state index is 12.3. The Bertz CT molecular complexity index is 520. The Morgan fingerprint density at radius 1 is 1.19 bits per heavy atom. The van der Waals surface area contributed by atoms with E-state index in [0.29, 0.717) is 18.4 Å². The summed E-state index contributed by atoms with van der Waals surface area (Å²) in [6.45, 7) is 0. The van der Waals surface area contributed by atoms with Gasteiger partial charge in [-0.2, -0.15) is 0 Å². The van der Waals surface area contributed by atoms with Crippen molar-refractivity contribution in [2.75, 3.05) is 19.0 Å². The smallest absolute Gasteiger partial charge is 0.306 e. The van der Waals surface area contributed by atoms with Gasteiger partial charge in [0.15, 0.2) is 0 Å². The highest BCUT2D eigenvalue weighted by molar-refractivity contribution is 5.95. The maximum Gasteiger partial charge on any atom is 0.306 e. The third-order valence-electron chi connectivity index (χ3n) is 4.04. The number of carboxylic acids is 1. The van der Waals surface area contributed by atoms with Gasteiger partial charge in [0, 0.05) is 31.4 Å². The predicted octanol–water partition coefficient (Wildman–Crippen LogP) is 2.13. The van der Waals surface area contributed by atoms with Gasteiger partial charge in [-0.25, -0.2) is 0 Å². The minimum Gasteiger partial charge on any atom is -0.481 e. The Hall–Kier alpha value is -2.04. The molecule has 0 spiro atoms. The van der Waals surface area contributed by atoms with Crippen molar-refractivity contribution in [3.8, 4) is 0 Å². The summed E-state index contributed by atoms with van der Waals surface area (Å²) in [5, 5.41) is 12.0. The van der Waals surface area contributed by atoms with Crippen molar-refractivity contribution in [1.82, 2.24) is 5.32 Å². The van der Waals surface area contributed by atoms with Gasteiger partial charge in [-0.15, -0.1) is 0 Å². The average molecular weight is 290 g/mol. The average Bonchev–Trinajstić information content (AvgIpc) is 2.48. The van der Waals surface area contributed by atoms with Crippen molar-refractivity contribution in [1.29, 1.82) is 0 Å². The van der Waals surface area contributed by atoms with Crippen LogP contribution >= 0.6 is 0 Å². The fourth-order valence-electron chi connectivity index (χ4n) is 2.68. The SMILES string of the molecule is CN(C)c1cccc(C(=O)NC2CCC(C(=O)O)CC2)c1. The molecule has 114 valence electrons. The van der Waals surface area contributed by atoms with Gasteiger partial charge in [-0.3, -0.25) is 9.59 Å². The van der Waals surface area contributed by atoms with E-state index in [4.69, 9.17) is 5.11 Å². The zero-order valence-corrected chi connectivity index (χ0v) is 12.5. The van der Waals surface area contributed by atoms with Crippen molar-refractivity contribution in [2.24, 2.45) is 5.92 Å². The van der Waals surface area contributed by atoms with Crippen LogP contribution in [-0.2, 0) is 4.79 Å². The molecule has 1 amide bonds. The minimum atomic E-state index is -0.724. The summed E-state index contributed by atoms with van der Waals surface area (Å²) < 4.78 is 0. The number of hydrogen-bond donors (Lipinski definition) is 2. The van der Waals surface area contributed by atoms with E-state index in [2.05, 4.69) is 5.32 Å². The molecule has 2 N–H and O–H groups in total. The number of carbonyl (C=O) groups is 2. The molecule has 0 atom stereocenters. The third-order valence-corrected chi connectivity index (χ3v) is 4.04. The van der Waals surface area contributed by atoms with Crippen LogP contribution in [0.25, 0.3) is 0 Å². The molecule has 21 heavy (non-hydrogen) atoms. The first kappa shape index (κ1) is 15.4. The second-order valence-corrected chi connectivity index (χ2v) is 5.81. The van der Waals surface area contributed by atoms with E-state index in [9.17, 15) is 9.59 Å². The lowest BCUT2D eigenvalue weighted by atomic mass is 9.86. The van der Waals surface area contributed by atoms with Gasteiger partial charge in [0.1, 0.15) is 0 Å². The standard InChI is InChI=1S/C16H22N2O3/c1-18(2)14-5-3-4-12(10-14)15(19)17-13-8-6-11(7-9-13)16(20)21/h3-5,10-11,13H,6-9H2,1-2H3,(H,17,19)(H,20,21). The van der Waals surface area contributed by atoms with Gasteiger partial charge in [-0.1, -0.05) is 6.07 Å². The number of aliphatic carboxylic acids is 1. The molecule has 5 nitrogen and oxygen atoms in total. The monoisotopic (exact) mass is 290 g/mol. The van der Waals surface area contributed by atoms with Crippen LogP contribution in [0.4, 0.5) is 5.69 Å². The molecule has 0 unspecified atom stereocenters. The number of nitrogens with zero attached hydrogens (tertiary/aromatic N) is 1. The van der Waals surface area contributed by atoms with Crippen molar-refractivity contribution in [3.63, 3.8) is 0 Å². The Morgan fingerprint density at radius 2 is 1.86 bits per heavy atom. The summed E-state index contributed by atoms with van der Waals surface area (Å²) in [5.41, 5.74) is 1.62. The lowest BCUT2D eigenvalue weighted by Crippen LogP contribution is -2.38. The van der Waals surface area contributed by atoms with Crippen molar-refractivity contribution in [3.05, 3.63) is 29.8 Å². The summed E-state index contributed by atoms with van der Waals surface area (Å²) in [4.78, 5) is 25.1. The summed E-state index contributed by atoms with van der Waals surface area (Å²) in [6.07, 6.45) is 2.74. The molecule has 0 radical (unpaired) electrons. The molecule has 1 aromatic carbocycles. The van der Waals surface area contributed by atoms with Gasteiger partial charge in [0.05, 0.1) is 5.92 Å². The molecule has 2 rings (SSSR count). The van der Waals surface area contributed by atoms with Crippen LogP contribution in [-0.4, -0.2) is 37.1 Å². The molecular weight excluding hydrogens is 268 g/mol. The van der Waals surface area contributed by atoms with Crippen LogP contribution in [0.15, 0.2) is 24.3 Å². The molecule has 1 saturated carbocycles. The largest absolute Gasteiger partial charge is 0.481 e. The minimum absolute atomic E-state index is 0.0797. The van der Waals surface area contributed by atoms with Crippen LogP contribution in [0.3, 0.4) is 0 Å². The number of anilines is 1. The maximum atomic E-state index is 12.3. The zero-order valence-electron chi connectivity index (χ0n) is 12.5.